The second kappa shape index (κ2) is 5.42. The largest absolute Gasteiger partial charge is 0.365 e. The zero-order valence-corrected chi connectivity index (χ0v) is 9.47. The average Bonchev–Trinajstić information content (AvgIpc) is 2.69. The molecule has 1 heterocycles. The molecule has 0 radical (unpaired) electrons. The molecule has 0 saturated carbocycles. The first kappa shape index (κ1) is 12.4. The highest BCUT2D eigenvalue weighted by atomic mass is 16.6. The topological polar surface area (TPSA) is 52.4 Å². The molecule has 1 aliphatic heterocycles. The van der Waals surface area contributed by atoms with Crippen LogP contribution in [0.3, 0.4) is 0 Å². The molecule has 0 aromatic rings. The minimum absolute atomic E-state index is 0.0477. The molecule has 1 unspecified atom stereocenters. The van der Waals surface area contributed by atoms with Gasteiger partial charge in [-0.2, -0.15) is 0 Å². The van der Waals surface area contributed by atoms with E-state index < -0.39 is 4.92 Å². The molecule has 0 aromatic carbocycles. The van der Waals surface area contributed by atoms with Gasteiger partial charge >= 0.3 is 0 Å². The van der Waals surface area contributed by atoms with E-state index in [1.54, 1.807) is 19.9 Å². The third kappa shape index (κ3) is 2.67. The summed E-state index contributed by atoms with van der Waals surface area (Å²) in [4.78, 5) is 10.6. The van der Waals surface area contributed by atoms with Crippen LogP contribution in [0.5, 0.6) is 0 Å². The van der Waals surface area contributed by atoms with Crippen LogP contribution in [0.1, 0.15) is 13.8 Å². The molecule has 0 fully saturated rings. The van der Waals surface area contributed by atoms with Crippen LogP contribution in [0, 0.1) is 10.1 Å². The number of ether oxygens (including phenoxy) is 1. The molecule has 0 bridgehead atoms. The number of rotatable bonds is 4. The Kier molecular flexibility index (Phi) is 4.19. The molecule has 1 atom stereocenters. The van der Waals surface area contributed by atoms with Crippen LogP contribution in [-0.2, 0) is 4.74 Å². The van der Waals surface area contributed by atoms with Crippen LogP contribution >= 0.6 is 0 Å². The van der Waals surface area contributed by atoms with Crippen LogP contribution in [0.4, 0.5) is 0 Å². The summed E-state index contributed by atoms with van der Waals surface area (Å²) in [5, 5.41) is 11.0. The summed E-state index contributed by atoms with van der Waals surface area (Å²) in [5.74, 6) is 0. The molecule has 1 rings (SSSR count). The highest BCUT2D eigenvalue weighted by Gasteiger charge is 2.25. The van der Waals surface area contributed by atoms with E-state index >= 15 is 0 Å². The lowest BCUT2D eigenvalue weighted by Gasteiger charge is -2.13. The molecule has 86 valence electrons. The first-order valence-electron chi connectivity index (χ1n) is 5.03. The van der Waals surface area contributed by atoms with Gasteiger partial charge in [0.1, 0.15) is 6.10 Å². The molecule has 0 spiro atoms. The van der Waals surface area contributed by atoms with E-state index in [2.05, 4.69) is 6.58 Å². The molecule has 16 heavy (non-hydrogen) atoms. The fraction of sp³-hybridized carbons (Fsp3) is 0.333. The van der Waals surface area contributed by atoms with Gasteiger partial charge in [0.05, 0.1) is 17.1 Å². The van der Waals surface area contributed by atoms with Gasteiger partial charge in [0.25, 0.3) is 5.70 Å². The third-order valence-corrected chi connectivity index (χ3v) is 2.22. The van der Waals surface area contributed by atoms with E-state index in [9.17, 15) is 10.1 Å². The number of nitrogens with zero attached hydrogens (tertiary/aromatic N) is 1. The normalized spacial score (nSPS) is 21.2. The number of nitro groups is 1. The van der Waals surface area contributed by atoms with Crippen molar-refractivity contribution in [1.82, 2.24) is 0 Å². The Balaban J connectivity index is 3.23. The van der Waals surface area contributed by atoms with Crippen LogP contribution in [0.25, 0.3) is 0 Å². The summed E-state index contributed by atoms with van der Waals surface area (Å²) in [5.41, 5.74) is 1.24. The highest BCUT2D eigenvalue weighted by molar-refractivity contribution is 5.40. The molecular formula is C12H15NO3. The monoisotopic (exact) mass is 221 g/mol. The second-order valence-electron chi connectivity index (χ2n) is 3.52. The molecule has 0 aliphatic carbocycles. The van der Waals surface area contributed by atoms with Crippen molar-refractivity contribution in [2.45, 2.75) is 20.0 Å². The molecule has 0 N–H and O–H groups in total. The fourth-order valence-corrected chi connectivity index (χ4v) is 1.59. The van der Waals surface area contributed by atoms with Gasteiger partial charge in [-0.05, 0) is 19.4 Å². The Morgan fingerprint density at radius 2 is 2.38 bits per heavy atom. The predicted octanol–water partition coefficient (Wildman–Crippen LogP) is 2.62. The SMILES string of the molecule is C=C(C)/C(=C(\C=C/C)[N+](=O)[O-])C1C=CCO1. The zero-order chi connectivity index (χ0) is 12.1. The molecule has 1 aliphatic rings. The Morgan fingerprint density at radius 3 is 2.75 bits per heavy atom. The Morgan fingerprint density at radius 1 is 1.69 bits per heavy atom. The smallest absolute Gasteiger partial charge is 0.275 e. The van der Waals surface area contributed by atoms with Crippen LogP contribution in [0.2, 0.25) is 0 Å². The minimum atomic E-state index is -0.403. The molecule has 4 heteroatoms. The Hall–Kier alpha value is -1.68. The molecular weight excluding hydrogens is 206 g/mol. The minimum Gasteiger partial charge on any atom is -0.365 e. The molecule has 0 aromatic heterocycles. The second-order valence-corrected chi connectivity index (χ2v) is 3.52. The standard InChI is InChI=1S/C12H15NO3/c1-4-6-10(13(14)15)12(9(2)3)11-7-5-8-16-11/h4-7,11H,2,8H2,1,3H3/b6-4-,12-10-. The van der Waals surface area contributed by atoms with Crippen molar-refractivity contribution in [2.24, 2.45) is 0 Å². The van der Waals surface area contributed by atoms with Gasteiger partial charge in [0, 0.05) is 6.08 Å². The van der Waals surface area contributed by atoms with Crippen molar-refractivity contribution in [3.05, 3.63) is 57.8 Å². The van der Waals surface area contributed by atoms with Crippen LogP contribution in [0.15, 0.2) is 47.7 Å². The lowest BCUT2D eigenvalue weighted by Crippen LogP contribution is -2.15. The summed E-state index contributed by atoms with van der Waals surface area (Å²) in [6.07, 6.45) is 6.42. The first-order valence-corrected chi connectivity index (χ1v) is 5.03. The maximum atomic E-state index is 11.0. The van der Waals surface area contributed by atoms with E-state index in [0.29, 0.717) is 17.8 Å². The first-order chi connectivity index (χ1) is 7.57. The molecule has 4 nitrogen and oxygen atoms in total. The summed E-state index contributed by atoms with van der Waals surface area (Å²) < 4.78 is 5.39. The molecule has 0 amide bonds. The maximum absolute atomic E-state index is 11.0. The Bertz CT molecular complexity index is 391. The average molecular weight is 221 g/mol. The van der Waals surface area contributed by atoms with Crippen molar-refractivity contribution < 1.29 is 9.66 Å². The van der Waals surface area contributed by atoms with Crippen molar-refractivity contribution in [3.8, 4) is 0 Å². The van der Waals surface area contributed by atoms with Gasteiger partial charge < -0.3 is 4.74 Å². The van der Waals surface area contributed by atoms with Gasteiger partial charge in [0.15, 0.2) is 0 Å². The van der Waals surface area contributed by atoms with E-state index in [-0.39, 0.29) is 11.8 Å². The van der Waals surface area contributed by atoms with Gasteiger partial charge in [0.2, 0.25) is 0 Å². The van der Waals surface area contributed by atoms with E-state index in [0.717, 1.165) is 0 Å². The van der Waals surface area contributed by atoms with Crippen molar-refractivity contribution in [1.29, 1.82) is 0 Å². The fourth-order valence-electron chi connectivity index (χ4n) is 1.59. The summed E-state index contributed by atoms with van der Waals surface area (Å²) in [6.45, 7) is 7.75. The summed E-state index contributed by atoms with van der Waals surface area (Å²) in [6, 6.07) is 0. The quantitative estimate of drug-likeness (QED) is 0.317. The Labute approximate surface area is 94.8 Å². The number of allylic oxidation sites excluding steroid dienone is 2. The van der Waals surface area contributed by atoms with E-state index in [1.807, 2.05) is 12.2 Å². The van der Waals surface area contributed by atoms with Crippen molar-refractivity contribution in [2.75, 3.05) is 6.61 Å². The number of hydrogen-bond acceptors (Lipinski definition) is 3. The highest BCUT2D eigenvalue weighted by Crippen LogP contribution is 2.24. The molecule has 0 saturated heterocycles. The summed E-state index contributed by atoms with van der Waals surface area (Å²) in [7, 11) is 0. The zero-order valence-electron chi connectivity index (χ0n) is 9.47. The summed E-state index contributed by atoms with van der Waals surface area (Å²) >= 11 is 0. The van der Waals surface area contributed by atoms with Gasteiger partial charge in [-0.1, -0.05) is 24.8 Å². The number of hydrogen-bond donors (Lipinski definition) is 0. The van der Waals surface area contributed by atoms with Crippen molar-refractivity contribution >= 4 is 0 Å². The third-order valence-electron chi connectivity index (χ3n) is 2.22. The lowest BCUT2D eigenvalue weighted by atomic mass is 10.0. The van der Waals surface area contributed by atoms with Crippen LogP contribution in [-0.4, -0.2) is 17.6 Å². The van der Waals surface area contributed by atoms with Gasteiger partial charge in [-0.15, -0.1) is 0 Å². The lowest BCUT2D eigenvalue weighted by molar-refractivity contribution is -0.420. The van der Waals surface area contributed by atoms with E-state index in [4.69, 9.17) is 4.74 Å². The van der Waals surface area contributed by atoms with Gasteiger partial charge in [-0.25, -0.2) is 0 Å². The van der Waals surface area contributed by atoms with E-state index in [1.165, 1.54) is 6.08 Å². The maximum Gasteiger partial charge on any atom is 0.275 e. The van der Waals surface area contributed by atoms with Crippen LogP contribution < -0.4 is 0 Å². The predicted molar refractivity (Wildman–Crippen MR) is 62.5 cm³/mol. The van der Waals surface area contributed by atoms with Crippen molar-refractivity contribution in [3.63, 3.8) is 0 Å². The van der Waals surface area contributed by atoms with Gasteiger partial charge in [-0.3, -0.25) is 10.1 Å².